The number of fused-ring (bicyclic) bond motifs is 2. The number of ether oxygens (including phenoxy) is 3. The first-order chi connectivity index (χ1) is 15.7. The van der Waals surface area contributed by atoms with Crippen LogP contribution in [0.1, 0.15) is 38.8 Å². The predicted octanol–water partition coefficient (Wildman–Crippen LogP) is 4.73. The average Bonchev–Trinajstić information content (AvgIpc) is 2.91. The molecule has 0 bridgehead atoms. The number of ketones is 1. The van der Waals surface area contributed by atoms with Crippen molar-refractivity contribution in [1.29, 1.82) is 0 Å². The number of anilines is 2. The molecule has 0 aromatic heterocycles. The van der Waals surface area contributed by atoms with Crippen molar-refractivity contribution >= 4 is 23.1 Å². The predicted molar refractivity (Wildman–Crippen MR) is 127 cm³/mol. The lowest BCUT2D eigenvalue weighted by Crippen LogP contribution is -2.43. The Kier molecular flexibility index (Phi) is 5.82. The van der Waals surface area contributed by atoms with E-state index in [1.165, 1.54) is 6.92 Å². The van der Waals surface area contributed by atoms with Gasteiger partial charge < -0.3 is 24.4 Å². The SMILES string of the molecule is COc1cc(C2C3C(=O)CC(C)(C)C=C3Nc3ccccc3N2C(C)=O)cc(OC)c1OC. The van der Waals surface area contributed by atoms with Crippen molar-refractivity contribution in [3.05, 3.63) is 53.7 Å². The first-order valence-corrected chi connectivity index (χ1v) is 10.9. The number of amides is 1. The minimum absolute atomic E-state index is 0.0720. The molecule has 2 atom stereocenters. The molecule has 2 aliphatic rings. The zero-order valence-electron chi connectivity index (χ0n) is 19.9. The summed E-state index contributed by atoms with van der Waals surface area (Å²) in [6.07, 6.45) is 2.50. The van der Waals surface area contributed by atoms with Gasteiger partial charge in [0.2, 0.25) is 11.7 Å². The van der Waals surface area contributed by atoms with Crippen molar-refractivity contribution in [3.63, 3.8) is 0 Å². The third kappa shape index (κ3) is 3.92. The van der Waals surface area contributed by atoms with Crippen LogP contribution in [0, 0.1) is 11.3 Å². The van der Waals surface area contributed by atoms with Crippen molar-refractivity contribution < 1.29 is 23.8 Å². The number of hydrogen-bond donors (Lipinski definition) is 1. The summed E-state index contributed by atoms with van der Waals surface area (Å²) >= 11 is 0. The third-order valence-corrected chi connectivity index (χ3v) is 6.26. The highest BCUT2D eigenvalue weighted by Gasteiger charge is 2.46. The maximum absolute atomic E-state index is 13.6. The van der Waals surface area contributed by atoms with Crippen LogP contribution >= 0.6 is 0 Å². The monoisotopic (exact) mass is 450 g/mol. The number of carbonyl (C=O) groups excluding carboxylic acids is 2. The molecule has 4 rings (SSSR count). The van der Waals surface area contributed by atoms with E-state index in [0.29, 0.717) is 29.4 Å². The average molecular weight is 451 g/mol. The minimum Gasteiger partial charge on any atom is -0.493 e. The van der Waals surface area contributed by atoms with Gasteiger partial charge in [-0.2, -0.15) is 0 Å². The lowest BCUT2D eigenvalue weighted by Gasteiger charge is -2.39. The molecular formula is C26H30N2O5. The van der Waals surface area contributed by atoms with Gasteiger partial charge >= 0.3 is 0 Å². The summed E-state index contributed by atoms with van der Waals surface area (Å²) in [6, 6.07) is 10.7. The molecule has 1 aliphatic carbocycles. The van der Waals surface area contributed by atoms with Gasteiger partial charge in [0.15, 0.2) is 11.5 Å². The zero-order chi connectivity index (χ0) is 23.9. The number of methoxy groups -OCH3 is 3. The van der Waals surface area contributed by atoms with Crippen molar-refractivity contribution in [2.24, 2.45) is 11.3 Å². The molecule has 7 heteroatoms. The fourth-order valence-electron chi connectivity index (χ4n) is 4.98. The largest absolute Gasteiger partial charge is 0.493 e. The first-order valence-electron chi connectivity index (χ1n) is 10.9. The Hall–Kier alpha value is -3.48. The Morgan fingerprint density at radius 1 is 1.06 bits per heavy atom. The van der Waals surface area contributed by atoms with Crippen LogP contribution in [0.25, 0.3) is 0 Å². The Labute approximate surface area is 194 Å². The van der Waals surface area contributed by atoms with Gasteiger partial charge in [0, 0.05) is 19.0 Å². The number of hydrogen-bond acceptors (Lipinski definition) is 6. The highest BCUT2D eigenvalue weighted by molar-refractivity contribution is 6.00. The van der Waals surface area contributed by atoms with Crippen molar-refractivity contribution in [2.45, 2.75) is 33.2 Å². The normalized spacial score (nSPS) is 21.1. The molecule has 0 spiro atoms. The molecule has 1 heterocycles. The molecule has 0 radical (unpaired) electrons. The quantitative estimate of drug-likeness (QED) is 0.726. The van der Waals surface area contributed by atoms with Crippen LogP contribution in [0.5, 0.6) is 17.2 Å². The van der Waals surface area contributed by atoms with Crippen LogP contribution in [0.2, 0.25) is 0 Å². The maximum atomic E-state index is 13.6. The second-order valence-corrected chi connectivity index (χ2v) is 9.14. The van der Waals surface area contributed by atoms with Crippen molar-refractivity contribution in [3.8, 4) is 17.2 Å². The standard InChI is InChI=1S/C26H30N2O5/c1-15(29)28-19-10-8-7-9-17(19)27-18-13-26(2,3)14-20(30)23(18)24(28)16-11-21(31-4)25(33-6)22(12-16)32-5/h7-13,23-24,27H,14H2,1-6H3. The number of rotatable bonds is 4. The first kappa shape index (κ1) is 22.7. The topological polar surface area (TPSA) is 77.1 Å². The van der Waals surface area contributed by atoms with Crippen LogP contribution in [-0.2, 0) is 9.59 Å². The van der Waals surface area contributed by atoms with E-state index >= 15 is 0 Å². The van der Waals surface area contributed by atoms with Crippen molar-refractivity contribution in [1.82, 2.24) is 0 Å². The number of nitrogens with zero attached hydrogens (tertiary/aromatic N) is 1. The number of allylic oxidation sites excluding steroid dienone is 1. The molecule has 0 saturated carbocycles. The Morgan fingerprint density at radius 3 is 2.27 bits per heavy atom. The van der Waals surface area contributed by atoms with Crippen LogP contribution in [0.4, 0.5) is 11.4 Å². The Balaban J connectivity index is 2.03. The van der Waals surface area contributed by atoms with Crippen LogP contribution in [-0.4, -0.2) is 33.0 Å². The summed E-state index contributed by atoms with van der Waals surface area (Å²) in [6.45, 7) is 5.61. The second-order valence-electron chi connectivity index (χ2n) is 9.14. The smallest absolute Gasteiger partial charge is 0.224 e. The van der Waals surface area contributed by atoms with E-state index in [9.17, 15) is 9.59 Å². The fourth-order valence-corrected chi connectivity index (χ4v) is 4.98. The van der Waals surface area contributed by atoms with E-state index < -0.39 is 12.0 Å². The molecule has 174 valence electrons. The van der Waals surface area contributed by atoms with Gasteiger partial charge in [0.25, 0.3) is 0 Å². The molecule has 1 aliphatic heterocycles. The van der Waals surface area contributed by atoms with E-state index in [1.54, 1.807) is 26.2 Å². The van der Waals surface area contributed by atoms with Gasteiger partial charge in [0.05, 0.1) is 44.7 Å². The maximum Gasteiger partial charge on any atom is 0.224 e. The number of Topliss-reactive ketones (excluding diaryl/α,β-unsaturated/α-hetero) is 1. The molecule has 2 aromatic carbocycles. The summed E-state index contributed by atoms with van der Waals surface area (Å²) in [4.78, 5) is 28.4. The van der Waals surface area contributed by atoms with E-state index in [0.717, 1.165) is 16.9 Å². The fraction of sp³-hybridized carbons (Fsp3) is 0.385. The lowest BCUT2D eigenvalue weighted by molar-refractivity contribution is -0.125. The molecular weight excluding hydrogens is 420 g/mol. The number of carbonyl (C=O) groups is 2. The van der Waals surface area contributed by atoms with Gasteiger partial charge in [-0.05, 0) is 35.2 Å². The van der Waals surface area contributed by atoms with Gasteiger partial charge in [-0.3, -0.25) is 9.59 Å². The number of nitrogens with one attached hydrogen (secondary N) is 1. The second kappa shape index (κ2) is 8.46. The molecule has 2 unspecified atom stereocenters. The van der Waals surface area contributed by atoms with E-state index in [1.807, 2.05) is 50.2 Å². The summed E-state index contributed by atoms with van der Waals surface area (Å²) < 4.78 is 16.6. The van der Waals surface area contributed by atoms with E-state index in [-0.39, 0.29) is 17.1 Å². The van der Waals surface area contributed by atoms with Gasteiger partial charge in [-0.25, -0.2) is 0 Å². The van der Waals surface area contributed by atoms with E-state index in [4.69, 9.17) is 14.2 Å². The molecule has 7 nitrogen and oxygen atoms in total. The minimum atomic E-state index is -0.595. The molecule has 33 heavy (non-hydrogen) atoms. The number of para-hydroxylation sites is 2. The Bertz CT molecular complexity index is 1110. The lowest BCUT2D eigenvalue weighted by atomic mass is 9.72. The third-order valence-electron chi connectivity index (χ3n) is 6.26. The van der Waals surface area contributed by atoms with E-state index in [2.05, 4.69) is 11.4 Å². The summed E-state index contributed by atoms with van der Waals surface area (Å²) in [7, 11) is 4.64. The summed E-state index contributed by atoms with van der Waals surface area (Å²) in [5, 5.41) is 3.47. The van der Waals surface area contributed by atoms with Crippen LogP contribution < -0.4 is 24.4 Å². The van der Waals surface area contributed by atoms with Crippen LogP contribution in [0.3, 0.4) is 0 Å². The Morgan fingerprint density at radius 2 is 1.70 bits per heavy atom. The van der Waals surface area contributed by atoms with Gasteiger partial charge in [-0.1, -0.05) is 32.1 Å². The van der Waals surface area contributed by atoms with Crippen molar-refractivity contribution in [2.75, 3.05) is 31.5 Å². The van der Waals surface area contributed by atoms with Crippen LogP contribution in [0.15, 0.2) is 48.2 Å². The molecule has 2 aromatic rings. The highest BCUT2D eigenvalue weighted by atomic mass is 16.5. The number of benzene rings is 2. The molecule has 1 N–H and O–H groups in total. The van der Waals surface area contributed by atoms with Gasteiger partial charge in [0.1, 0.15) is 5.78 Å². The highest BCUT2D eigenvalue weighted by Crippen LogP contribution is 2.50. The zero-order valence-corrected chi connectivity index (χ0v) is 19.9. The summed E-state index contributed by atoms with van der Waals surface area (Å²) in [5.74, 6) is 0.726. The molecule has 1 amide bonds. The summed E-state index contributed by atoms with van der Waals surface area (Å²) in [5.41, 5.74) is 2.72. The van der Waals surface area contributed by atoms with Gasteiger partial charge in [-0.15, -0.1) is 0 Å². The molecule has 0 fully saturated rings. The molecule has 0 saturated heterocycles.